The molecule has 5 heteroatoms. The molecular weight excluding hydrogens is 296 g/mol. The van der Waals surface area contributed by atoms with E-state index in [4.69, 9.17) is 0 Å². The van der Waals surface area contributed by atoms with Crippen molar-refractivity contribution in [3.8, 4) is 11.3 Å². The van der Waals surface area contributed by atoms with Crippen LogP contribution >= 0.6 is 11.3 Å². The van der Waals surface area contributed by atoms with Gasteiger partial charge in [0.25, 0.3) is 0 Å². The van der Waals surface area contributed by atoms with E-state index >= 15 is 0 Å². The highest BCUT2D eigenvalue weighted by atomic mass is 32.1. The van der Waals surface area contributed by atoms with E-state index in [1.807, 2.05) is 35.6 Å². The minimum Gasteiger partial charge on any atom is -0.481 e. The molecule has 2 aromatic heterocycles. The molecule has 0 saturated carbocycles. The van der Waals surface area contributed by atoms with Crippen LogP contribution in [-0.2, 0) is 11.2 Å². The van der Waals surface area contributed by atoms with Gasteiger partial charge >= 0.3 is 5.97 Å². The molecule has 0 bridgehead atoms. The number of hydrogen-bond acceptors (Lipinski definition) is 3. The monoisotopic (exact) mass is 314 g/mol. The number of nitrogens with zero attached hydrogens (tertiary/aromatic N) is 2. The van der Waals surface area contributed by atoms with Crippen LogP contribution in [0.2, 0.25) is 0 Å². The summed E-state index contributed by atoms with van der Waals surface area (Å²) in [4.78, 5) is 16.9. The first-order valence-electron chi connectivity index (χ1n) is 7.25. The van der Waals surface area contributed by atoms with Crippen molar-refractivity contribution in [2.24, 2.45) is 0 Å². The van der Waals surface area contributed by atoms with Gasteiger partial charge in [-0.2, -0.15) is 0 Å². The molecule has 0 saturated heterocycles. The van der Waals surface area contributed by atoms with Crippen LogP contribution in [0.4, 0.5) is 0 Å². The summed E-state index contributed by atoms with van der Waals surface area (Å²) < 4.78 is 2.01. The molecule has 0 radical (unpaired) electrons. The number of carbonyl (C=O) groups is 1. The van der Waals surface area contributed by atoms with E-state index in [0.29, 0.717) is 5.92 Å². The number of carboxylic acid groups (broad SMARTS) is 1. The smallest absolute Gasteiger partial charge is 0.309 e. The van der Waals surface area contributed by atoms with Crippen LogP contribution < -0.4 is 0 Å². The highest BCUT2D eigenvalue weighted by Gasteiger charge is 2.21. The molecule has 114 valence electrons. The summed E-state index contributed by atoms with van der Waals surface area (Å²) in [5.41, 5.74) is 4.79. The summed E-state index contributed by atoms with van der Waals surface area (Å²) in [5, 5.41) is 11.4. The van der Waals surface area contributed by atoms with Crippen molar-refractivity contribution in [1.29, 1.82) is 0 Å². The van der Waals surface area contributed by atoms with Crippen LogP contribution in [0.5, 0.6) is 0 Å². The van der Waals surface area contributed by atoms with Gasteiger partial charge in [0.2, 0.25) is 0 Å². The number of aliphatic carboxylic acids is 1. The molecule has 0 unspecified atom stereocenters. The van der Waals surface area contributed by atoms with Gasteiger partial charge in [0.1, 0.15) is 0 Å². The zero-order valence-electron chi connectivity index (χ0n) is 12.8. The third-order valence-corrected chi connectivity index (χ3v) is 4.56. The number of carboxylic acids is 1. The normalized spacial score (nSPS) is 11.5. The SMILES string of the molecule is Cc1ccc(-c2nc3scc(C(C)C)n3c2CC(=O)O)cc1. The molecule has 0 aliphatic carbocycles. The van der Waals surface area contributed by atoms with E-state index < -0.39 is 5.97 Å². The largest absolute Gasteiger partial charge is 0.481 e. The van der Waals surface area contributed by atoms with Crippen LogP contribution in [0.3, 0.4) is 0 Å². The Morgan fingerprint density at radius 3 is 2.59 bits per heavy atom. The molecule has 2 heterocycles. The average molecular weight is 314 g/mol. The fraction of sp³-hybridized carbons (Fsp3) is 0.294. The third kappa shape index (κ3) is 2.52. The van der Waals surface area contributed by atoms with E-state index in [0.717, 1.165) is 27.6 Å². The second-order valence-corrected chi connectivity index (χ2v) is 6.61. The van der Waals surface area contributed by atoms with Crippen molar-refractivity contribution < 1.29 is 9.90 Å². The van der Waals surface area contributed by atoms with Crippen LogP contribution in [0.25, 0.3) is 16.2 Å². The number of aromatic nitrogens is 2. The van der Waals surface area contributed by atoms with Crippen molar-refractivity contribution in [1.82, 2.24) is 9.38 Å². The Bertz CT molecular complexity index is 828. The van der Waals surface area contributed by atoms with Gasteiger partial charge in [-0.15, -0.1) is 11.3 Å². The van der Waals surface area contributed by atoms with Gasteiger partial charge in [0.05, 0.1) is 17.8 Å². The molecular formula is C17H18N2O2S. The number of benzene rings is 1. The van der Waals surface area contributed by atoms with Crippen molar-refractivity contribution in [3.05, 3.63) is 46.6 Å². The number of hydrogen-bond donors (Lipinski definition) is 1. The Kier molecular flexibility index (Phi) is 3.74. The van der Waals surface area contributed by atoms with Gasteiger partial charge < -0.3 is 5.11 Å². The number of aryl methyl sites for hydroxylation is 1. The van der Waals surface area contributed by atoms with E-state index in [2.05, 4.69) is 24.2 Å². The molecule has 1 N–H and O–H groups in total. The predicted octanol–water partition coefficient (Wildman–Crippen LogP) is 4.12. The third-order valence-electron chi connectivity index (χ3n) is 3.72. The fourth-order valence-electron chi connectivity index (χ4n) is 2.59. The fourth-order valence-corrected chi connectivity index (χ4v) is 3.65. The van der Waals surface area contributed by atoms with E-state index in [1.165, 1.54) is 5.56 Å². The van der Waals surface area contributed by atoms with Crippen molar-refractivity contribution in [2.75, 3.05) is 0 Å². The molecule has 0 aliphatic heterocycles. The molecule has 3 aromatic rings. The summed E-state index contributed by atoms with van der Waals surface area (Å²) in [7, 11) is 0. The summed E-state index contributed by atoms with van der Waals surface area (Å²) in [6.45, 7) is 6.25. The Hall–Kier alpha value is -2.14. The van der Waals surface area contributed by atoms with Crippen molar-refractivity contribution in [2.45, 2.75) is 33.1 Å². The zero-order chi connectivity index (χ0) is 15.9. The summed E-state index contributed by atoms with van der Waals surface area (Å²) >= 11 is 1.56. The molecule has 0 aliphatic rings. The first-order valence-corrected chi connectivity index (χ1v) is 8.13. The molecule has 0 spiro atoms. The maximum atomic E-state index is 11.3. The first kappa shape index (κ1) is 14.8. The van der Waals surface area contributed by atoms with Crippen molar-refractivity contribution in [3.63, 3.8) is 0 Å². The van der Waals surface area contributed by atoms with E-state index in [1.54, 1.807) is 11.3 Å². The highest BCUT2D eigenvalue weighted by Crippen LogP contribution is 2.31. The zero-order valence-corrected chi connectivity index (χ0v) is 13.6. The Labute approximate surface area is 133 Å². The van der Waals surface area contributed by atoms with Crippen LogP contribution in [0.15, 0.2) is 29.6 Å². The quantitative estimate of drug-likeness (QED) is 0.788. The Balaban J connectivity index is 2.25. The maximum absolute atomic E-state index is 11.3. The van der Waals surface area contributed by atoms with Crippen LogP contribution in [0, 0.1) is 6.92 Å². The first-order chi connectivity index (χ1) is 10.5. The molecule has 0 atom stereocenters. The molecule has 4 nitrogen and oxygen atoms in total. The summed E-state index contributed by atoms with van der Waals surface area (Å²) in [6.07, 6.45) is -0.0270. The topological polar surface area (TPSA) is 54.6 Å². The summed E-state index contributed by atoms with van der Waals surface area (Å²) in [6, 6.07) is 8.05. The van der Waals surface area contributed by atoms with Crippen molar-refractivity contribution >= 4 is 22.3 Å². The molecule has 22 heavy (non-hydrogen) atoms. The number of imidazole rings is 1. The second kappa shape index (κ2) is 5.57. The lowest BCUT2D eigenvalue weighted by Crippen LogP contribution is -2.06. The van der Waals surface area contributed by atoms with Gasteiger partial charge in [0, 0.05) is 16.6 Å². The molecule has 0 fully saturated rings. The van der Waals surface area contributed by atoms with Crippen LogP contribution in [0.1, 0.15) is 36.7 Å². The molecule has 0 amide bonds. The van der Waals surface area contributed by atoms with Gasteiger partial charge in [-0.3, -0.25) is 9.20 Å². The maximum Gasteiger partial charge on any atom is 0.309 e. The Morgan fingerprint density at radius 1 is 1.32 bits per heavy atom. The van der Waals surface area contributed by atoms with Gasteiger partial charge in [-0.1, -0.05) is 43.7 Å². The van der Waals surface area contributed by atoms with E-state index in [-0.39, 0.29) is 6.42 Å². The van der Waals surface area contributed by atoms with Gasteiger partial charge in [-0.25, -0.2) is 4.98 Å². The van der Waals surface area contributed by atoms with Gasteiger partial charge in [0.15, 0.2) is 4.96 Å². The minimum atomic E-state index is -0.837. The lowest BCUT2D eigenvalue weighted by atomic mass is 10.1. The second-order valence-electron chi connectivity index (χ2n) is 5.78. The standard InChI is InChI=1S/C17H18N2O2S/c1-10(2)14-9-22-17-18-16(12-6-4-11(3)5-7-12)13(19(14)17)8-15(20)21/h4-7,9-10H,8H2,1-3H3,(H,20,21). The van der Waals surface area contributed by atoms with E-state index in [9.17, 15) is 9.90 Å². The Morgan fingerprint density at radius 2 is 2.00 bits per heavy atom. The van der Waals surface area contributed by atoms with Gasteiger partial charge in [-0.05, 0) is 12.8 Å². The average Bonchev–Trinajstić information content (AvgIpc) is 3.00. The predicted molar refractivity (Wildman–Crippen MR) is 88.7 cm³/mol. The molecule has 1 aromatic carbocycles. The highest BCUT2D eigenvalue weighted by molar-refractivity contribution is 7.15. The lowest BCUT2D eigenvalue weighted by Gasteiger charge is -2.07. The minimum absolute atomic E-state index is 0.0270. The summed E-state index contributed by atoms with van der Waals surface area (Å²) in [5.74, 6) is -0.516. The lowest BCUT2D eigenvalue weighted by molar-refractivity contribution is -0.136. The number of thiazole rings is 1. The number of rotatable bonds is 4. The number of fused-ring (bicyclic) bond motifs is 1. The molecule has 3 rings (SSSR count). The van der Waals surface area contributed by atoms with Crippen LogP contribution in [-0.4, -0.2) is 20.5 Å².